The van der Waals surface area contributed by atoms with Crippen molar-refractivity contribution < 1.29 is 28.2 Å². The first-order chi connectivity index (χ1) is 8.46. The molecule has 1 aliphatic heterocycles. The van der Waals surface area contributed by atoms with Gasteiger partial charge in [-0.15, -0.1) is 8.78 Å². The van der Waals surface area contributed by atoms with E-state index in [4.69, 9.17) is 5.11 Å². The lowest BCUT2D eigenvalue weighted by Crippen LogP contribution is -2.26. The molecule has 18 heavy (non-hydrogen) atoms. The van der Waals surface area contributed by atoms with Crippen LogP contribution in [0.25, 0.3) is 0 Å². The number of rotatable bonds is 4. The molecule has 0 bridgehead atoms. The van der Waals surface area contributed by atoms with Gasteiger partial charge in [-0.1, -0.05) is 6.92 Å². The summed E-state index contributed by atoms with van der Waals surface area (Å²) in [5, 5.41) is 9.04. The zero-order chi connectivity index (χ0) is 13.3. The second kappa shape index (κ2) is 4.53. The number of hydrogen-bond donors (Lipinski definition) is 1. The highest BCUT2D eigenvalue weighted by molar-refractivity contribution is 5.98. The third kappa shape index (κ3) is 2.28. The van der Waals surface area contributed by atoms with Crippen LogP contribution >= 0.6 is 0 Å². The average Bonchev–Trinajstić information content (AvgIpc) is 2.63. The van der Waals surface area contributed by atoms with Gasteiger partial charge in [0.1, 0.15) is 0 Å². The van der Waals surface area contributed by atoms with E-state index >= 15 is 0 Å². The summed E-state index contributed by atoms with van der Waals surface area (Å²) in [6.07, 6.45) is -3.22. The number of alkyl halides is 2. The van der Waals surface area contributed by atoms with Gasteiger partial charge in [0, 0.05) is 11.5 Å². The molecule has 1 aromatic rings. The number of carbonyl (C=O) groups excluding carboxylic acids is 1. The Morgan fingerprint density at radius 2 is 2.06 bits per heavy atom. The smallest absolute Gasteiger partial charge is 0.396 e. The van der Waals surface area contributed by atoms with Crippen molar-refractivity contribution in [1.29, 1.82) is 0 Å². The lowest BCUT2D eigenvalue weighted by atomic mass is 9.96. The third-order valence-corrected chi connectivity index (χ3v) is 2.77. The maximum atomic E-state index is 12.8. The maximum absolute atomic E-state index is 12.8. The second-order valence-corrected chi connectivity index (χ2v) is 3.98. The fourth-order valence-corrected chi connectivity index (χ4v) is 1.74. The molecule has 1 aromatic carbocycles. The zero-order valence-electron chi connectivity index (χ0n) is 9.65. The van der Waals surface area contributed by atoms with Crippen LogP contribution in [0.2, 0.25) is 0 Å². The van der Waals surface area contributed by atoms with Crippen molar-refractivity contribution in [2.45, 2.75) is 19.6 Å². The van der Waals surface area contributed by atoms with Gasteiger partial charge in [0.05, 0.1) is 6.61 Å². The van der Waals surface area contributed by atoms with Gasteiger partial charge in [-0.2, -0.15) is 0 Å². The molecule has 1 atom stereocenters. The lowest BCUT2D eigenvalue weighted by Gasteiger charge is -2.10. The molecular formula is C12H12F2O4. The van der Waals surface area contributed by atoms with Crippen LogP contribution < -0.4 is 9.47 Å². The predicted octanol–water partition coefficient (Wildman–Crippen LogP) is 2.21. The number of halogens is 2. The molecule has 0 saturated carbocycles. The summed E-state index contributed by atoms with van der Waals surface area (Å²) < 4.78 is 34.1. The summed E-state index contributed by atoms with van der Waals surface area (Å²) in [5.41, 5.74) is 0.218. The Kier molecular flexibility index (Phi) is 3.21. The van der Waals surface area contributed by atoms with Crippen LogP contribution in [0.3, 0.4) is 0 Å². The number of aliphatic hydroxyl groups is 1. The molecule has 0 aliphatic carbocycles. The number of fused-ring (bicyclic) bond motifs is 1. The number of hydrogen-bond acceptors (Lipinski definition) is 4. The van der Waals surface area contributed by atoms with Gasteiger partial charge in [-0.25, -0.2) is 0 Å². The summed E-state index contributed by atoms with van der Waals surface area (Å²) in [5.74, 6) is -1.11. The van der Waals surface area contributed by atoms with Gasteiger partial charge >= 0.3 is 6.29 Å². The van der Waals surface area contributed by atoms with Crippen molar-refractivity contribution >= 4 is 5.78 Å². The minimum absolute atomic E-state index is 0.103. The number of aliphatic hydroxyl groups excluding tert-OH is 1. The first kappa shape index (κ1) is 12.8. The normalized spacial score (nSPS) is 17.6. The first-order valence-electron chi connectivity index (χ1n) is 5.52. The van der Waals surface area contributed by atoms with Crippen LogP contribution in [0.5, 0.6) is 11.5 Å². The van der Waals surface area contributed by atoms with E-state index in [0.29, 0.717) is 6.42 Å². The van der Waals surface area contributed by atoms with E-state index in [-0.39, 0.29) is 29.5 Å². The molecule has 0 aromatic heterocycles. The Morgan fingerprint density at radius 1 is 1.39 bits per heavy atom. The number of Topliss-reactive ketones (excluding diaryl/α,β-unsaturated/α-hetero) is 1. The predicted molar refractivity (Wildman–Crippen MR) is 57.8 cm³/mol. The van der Waals surface area contributed by atoms with Gasteiger partial charge < -0.3 is 14.6 Å². The Balaban J connectivity index is 2.26. The van der Waals surface area contributed by atoms with Crippen LogP contribution in [0.15, 0.2) is 18.2 Å². The molecule has 6 heteroatoms. The molecule has 98 valence electrons. The first-order valence-corrected chi connectivity index (χ1v) is 5.52. The highest BCUT2D eigenvalue weighted by atomic mass is 19.3. The number of ketones is 1. The average molecular weight is 258 g/mol. The number of carbonyl (C=O) groups is 1. The van der Waals surface area contributed by atoms with Crippen LogP contribution in [0.4, 0.5) is 8.78 Å². The molecule has 4 nitrogen and oxygen atoms in total. The van der Waals surface area contributed by atoms with E-state index in [1.165, 1.54) is 18.2 Å². The fraction of sp³-hybridized carbons (Fsp3) is 0.417. The number of ether oxygens (including phenoxy) is 2. The third-order valence-electron chi connectivity index (χ3n) is 2.77. The molecule has 0 spiro atoms. The number of benzene rings is 1. The molecule has 0 amide bonds. The zero-order valence-corrected chi connectivity index (χ0v) is 9.65. The van der Waals surface area contributed by atoms with Gasteiger partial charge in [0.15, 0.2) is 17.3 Å². The minimum atomic E-state index is -3.69. The van der Waals surface area contributed by atoms with E-state index in [1.54, 1.807) is 6.92 Å². The van der Waals surface area contributed by atoms with Crippen LogP contribution in [-0.4, -0.2) is 23.8 Å². The molecule has 1 aliphatic rings. The van der Waals surface area contributed by atoms with Crippen LogP contribution in [-0.2, 0) is 0 Å². The standard InChI is InChI=1S/C12H12F2O4/c1-2-7(6-15)11(16)8-3-4-9-10(5-8)18-12(13,14)17-9/h3-5,7,15H,2,6H2,1H3. The van der Waals surface area contributed by atoms with E-state index in [9.17, 15) is 13.6 Å². The quantitative estimate of drug-likeness (QED) is 0.841. The van der Waals surface area contributed by atoms with Gasteiger partial charge in [0.25, 0.3) is 0 Å². The van der Waals surface area contributed by atoms with Crippen molar-refractivity contribution in [2.75, 3.05) is 6.61 Å². The Hall–Kier alpha value is -1.69. The molecule has 0 saturated heterocycles. The van der Waals surface area contributed by atoms with Gasteiger partial charge in [-0.3, -0.25) is 4.79 Å². The molecule has 1 heterocycles. The van der Waals surface area contributed by atoms with E-state index < -0.39 is 12.2 Å². The maximum Gasteiger partial charge on any atom is 0.586 e. The van der Waals surface area contributed by atoms with Gasteiger partial charge in [-0.05, 0) is 24.6 Å². The largest absolute Gasteiger partial charge is 0.586 e. The molecule has 1 unspecified atom stereocenters. The molecule has 1 N–H and O–H groups in total. The highest BCUT2D eigenvalue weighted by Gasteiger charge is 2.43. The molecule has 2 rings (SSSR count). The van der Waals surface area contributed by atoms with Crippen molar-refractivity contribution in [3.8, 4) is 11.5 Å². The molecule has 0 fully saturated rings. The van der Waals surface area contributed by atoms with E-state index in [2.05, 4.69) is 9.47 Å². The van der Waals surface area contributed by atoms with E-state index in [1.807, 2.05) is 0 Å². The summed E-state index contributed by atoms with van der Waals surface area (Å²) >= 11 is 0. The molecule has 0 radical (unpaired) electrons. The summed E-state index contributed by atoms with van der Waals surface area (Å²) in [7, 11) is 0. The van der Waals surface area contributed by atoms with Gasteiger partial charge in [0.2, 0.25) is 0 Å². The Labute approximate surface area is 102 Å². The monoisotopic (exact) mass is 258 g/mol. The molecular weight excluding hydrogens is 246 g/mol. The summed E-state index contributed by atoms with van der Waals surface area (Å²) in [6, 6.07) is 3.84. The van der Waals surface area contributed by atoms with Crippen LogP contribution in [0.1, 0.15) is 23.7 Å². The highest BCUT2D eigenvalue weighted by Crippen LogP contribution is 2.41. The SMILES string of the molecule is CCC(CO)C(=O)c1ccc2c(c1)OC(F)(F)O2. The second-order valence-electron chi connectivity index (χ2n) is 3.98. The van der Waals surface area contributed by atoms with Crippen molar-refractivity contribution in [3.63, 3.8) is 0 Å². The summed E-state index contributed by atoms with van der Waals surface area (Å²) in [4.78, 5) is 11.9. The van der Waals surface area contributed by atoms with E-state index in [0.717, 1.165) is 0 Å². The minimum Gasteiger partial charge on any atom is -0.396 e. The van der Waals surface area contributed by atoms with Crippen molar-refractivity contribution in [1.82, 2.24) is 0 Å². The van der Waals surface area contributed by atoms with Crippen molar-refractivity contribution in [3.05, 3.63) is 23.8 Å². The Morgan fingerprint density at radius 3 is 2.67 bits per heavy atom. The van der Waals surface area contributed by atoms with Crippen molar-refractivity contribution in [2.24, 2.45) is 5.92 Å². The topological polar surface area (TPSA) is 55.8 Å². The Bertz CT molecular complexity index is 469. The fourth-order valence-electron chi connectivity index (χ4n) is 1.74. The lowest BCUT2D eigenvalue weighted by molar-refractivity contribution is -0.286. The van der Waals surface area contributed by atoms with Crippen LogP contribution in [0, 0.1) is 5.92 Å². The summed E-state index contributed by atoms with van der Waals surface area (Å²) in [6.45, 7) is 1.49.